The van der Waals surface area contributed by atoms with Gasteiger partial charge in [0.15, 0.2) is 0 Å². The van der Waals surface area contributed by atoms with Crippen LogP contribution in [0.3, 0.4) is 0 Å². The number of allylic oxidation sites excluding steroid dienone is 2. The van der Waals surface area contributed by atoms with Crippen LogP contribution in [0.15, 0.2) is 45.8 Å². The Labute approximate surface area is 253 Å². The third-order valence-electron chi connectivity index (χ3n) is 12.0. The lowest BCUT2D eigenvalue weighted by Crippen LogP contribution is -2.71. The predicted molar refractivity (Wildman–Crippen MR) is 155 cm³/mol. The molecule has 5 aliphatic rings. The fraction of sp³-hybridized carbons (Fsp3) is 0.676. The van der Waals surface area contributed by atoms with Crippen LogP contribution in [-0.2, 0) is 38.1 Å². The van der Waals surface area contributed by atoms with Crippen molar-refractivity contribution in [2.24, 2.45) is 28.1 Å². The molecule has 3 heterocycles. The molecule has 1 aromatic rings. The minimum Gasteiger partial charge on any atom is -0.472 e. The highest BCUT2D eigenvalue weighted by atomic mass is 16.6. The summed E-state index contributed by atoms with van der Waals surface area (Å²) in [4.78, 5) is 39.0. The number of furan rings is 1. The molecule has 2 aliphatic heterocycles. The Kier molecular flexibility index (Phi) is 7.24. The van der Waals surface area contributed by atoms with Gasteiger partial charge in [0.1, 0.15) is 12.2 Å². The van der Waals surface area contributed by atoms with Gasteiger partial charge >= 0.3 is 17.9 Å². The third kappa shape index (κ3) is 4.13. The van der Waals surface area contributed by atoms with E-state index in [-0.39, 0.29) is 48.5 Å². The second-order valence-corrected chi connectivity index (χ2v) is 13.9. The van der Waals surface area contributed by atoms with E-state index in [2.05, 4.69) is 27.7 Å². The average Bonchev–Trinajstić information content (AvgIpc) is 3.73. The van der Waals surface area contributed by atoms with Gasteiger partial charge in [0, 0.05) is 53.4 Å². The van der Waals surface area contributed by atoms with Gasteiger partial charge in [0.05, 0.1) is 44.6 Å². The topological polar surface area (TPSA) is 111 Å². The summed E-state index contributed by atoms with van der Waals surface area (Å²) in [5.41, 5.74) is 2.08. The number of ether oxygens (including phenoxy) is 5. The minimum absolute atomic E-state index is 0.122. The van der Waals surface area contributed by atoms with Crippen LogP contribution >= 0.6 is 0 Å². The van der Waals surface area contributed by atoms with Gasteiger partial charge in [0.2, 0.25) is 0 Å². The van der Waals surface area contributed by atoms with Crippen LogP contribution in [0.25, 0.3) is 0 Å². The van der Waals surface area contributed by atoms with Gasteiger partial charge in [0.25, 0.3) is 0 Å². The lowest BCUT2D eigenvalue weighted by molar-refractivity contribution is -0.251. The maximum absolute atomic E-state index is 13.4. The van der Waals surface area contributed by atoms with Gasteiger partial charge in [-0.1, -0.05) is 32.4 Å². The van der Waals surface area contributed by atoms with Gasteiger partial charge in [-0.2, -0.15) is 0 Å². The number of rotatable bonds is 6. The van der Waals surface area contributed by atoms with Crippen LogP contribution < -0.4 is 0 Å². The first-order chi connectivity index (χ1) is 20.3. The molecule has 11 atom stereocenters. The van der Waals surface area contributed by atoms with E-state index in [4.69, 9.17) is 28.1 Å². The zero-order chi connectivity index (χ0) is 31.1. The maximum Gasteiger partial charge on any atom is 0.333 e. The molecule has 6 rings (SSSR count). The molecule has 4 fully saturated rings. The van der Waals surface area contributed by atoms with Crippen molar-refractivity contribution >= 4 is 17.9 Å². The van der Waals surface area contributed by atoms with E-state index in [1.54, 1.807) is 32.4 Å². The standard InChI is InChI=1S/C34H44O9/c1-9-17(2)31(37)43-25-14-24(41-19(4)35)32(5)16-40-28-29(32)33(25,6)23(13-26(36)38-8)34(7)27-18(3)21(20-10-11-39-15-20)12-22(27)42-30(28)34/h9-11,15,21-25,28-30H,12-14,16H2,1-8H3/b17-9-/t21-,22-,23-,24-,25+,28-,29+,30-,32-,33+,34-/m1/s1. The van der Waals surface area contributed by atoms with E-state index in [1.165, 1.54) is 25.2 Å². The van der Waals surface area contributed by atoms with Gasteiger partial charge in [-0.25, -0.2) is 4.79 Å². The smallest absolute Gasteiger partial charge is 0.333 e. The van der Waals surface area contributed by atoms with E-state index < -0.39 is 40.4 Å². The Morgan fingerprint density at radius 2 is 1.84 bits per heavy atom. The van der Waals surface area contributed by atoms with Crippen molar-refractivity contribution in [3.8, 4) is 0 Å². The van der Waals surface area contributed by atoms with Crippen molar-refractivity contribution in [3.05, 3.63) is 47.0 Å². The van der Waals surface area contributed by atoms with Crippen LogP contribution in [0.4, 0.5) is 0 Å². The summed E-state index contributed by atoms with van der Waals surface area (Å²) in [6.07, 6.45) is 4.39. The van der Waals surface area contributed by atoms with Gasteiger partial charge < -0.3 is 28.1 Å². The fourth-order valence-corrected chi connectivity index (χ4v) is 10.0. The van der Waals surface area contributed by atoms with E-state index >= 15 is 0 Å². The number of methoxy groups -OCH3 is 1. The second-order valence-electron chi connectivity index (χ2n) is 13.9. The summed E-state index contributed by atoms with van der Waals surface area (Å²) < 4.78 is 36.8. The van der Waals surface area contributed by atoms with E-state index in [0.717, 1.165) is 12.0 Å². The van der Waals surface area contributed by atoms with Crippen LogP contribution in [0.1, 0.15) is 79.2 Å². The molecule has 0 spiro atoms. The third-order valence-corrected chi connectivity index (χ3v) is 12.0. The normalized spacial score (nSPS) is 43.1. The number of esters is 3. The number of hydrogen-bond donors (Lipinski definition) is 0. The van der Waals surface area contributed by atoms with E-state index in [9.17, 15) is 14.4 Å². The molecule has 9 nitrogen and oxygen atoms in total. The summed E-state index contributed by atoms with van der Waals surface area (Å²) >= 11 is 0. The monoisotopic (exact) mass is 596 g/mol. The molecule has 3 aliphatic carbocycles. The molecule has 0 unspecified atom stereocenters. The molecule has 0 N–H and O–H groups in total. The first-order valence-electron chi connectivity index (χ1n) is 15.4. The molecule has 1 aromatic heterocycles. The molecule has 2 saturated carbocycles. The molecule has 9 heteroatoms. The number of fused-ring (bicyclic) bond motifs is 4. The van der Waals surface area contributed by atoms with Crippen molar-refractivity contribution in [1.29, 1.82) is 0 Å². The van der Waals surface area contributed by atoms with Crippen LogP contribution in [0.5, 0.6) is 0 Å². The lowest BCUT2D eigenvalue weighted by atomic mass is 9.40. The lowest BCUT2D eigenvalue weighted by Gasteiger charge is -2.65. The molecule has 43 heavy (non-hydrogen) atoms. The Morgan fingerprint density at radius 3 is 2.47 bits per heavy atom. The highest BCUT2D eigenvalue weighted by Gasteiger charge is 2.78. The van der Waals surface area contributed by atoms with Gasteiger partial charge in [-0.15, -0.1) is 0 Å². The highest BCUT2D eigenvalue weighted by Crippen LogP contribution is 2.74. The van der Waals surface area contributed by atoms with Crippen molar-refractivity contribution in [3.63, 3.8) is 0 Å². The Hall–Kier alpha value is -2.91. The minimum atomic E-state index is -0.741. The zero-order valence-electron chi connectivity index (χ0n) is 26.4. The van der Waals surface area contributed by atoms with E-state index in [1.807, 2.05) is 6.07 Å². The molecular weight excluding hydrogens is 552 g/mol. The molecule has 0 aromatic carbocycles. The highest BCUT2D eigenvalue weighted by molar-refractivity contribution is 5.87. The maximum atomic E-state index is 13.4. The Bertz CT molecular complexity index is 1380. The first kappa shape index (κ1) is 30.1. The average molecular weight is 597 g/mol. The largest absolute Gasteiger partial charge is 0.472 e. The first-order valence-corrected chi connectivity index (χ1v) is 15.4. The summed E-state index contributed by atoms with van der Waals surface area (Å²) in [6.45, 7) is 13.9. The number of hydrogen-bond acceptors (Lipinski definition) is 9. The Balaban J connectivity index is 1.55. The second kappa shape index (κ2) is 10.3. The molecule has 234 valence electrons. The summed E-state index contributed by atoms with van der Waals surface area (Å²) in [5, 5.41) is 0. The molecular formula is C34H44O9. The van der Waals surface area contributed by atoms with Crippen molar-refractivity contribution in [2.75, 3.05) is 13.7 Å². The predicted octanol–water partition coefficient (Wildman–Crippen LogP) is 5.29. The summed E-state index contributed by atoms with van der Waals surface area (Å²) in [6, 6.07) is 2.00. The van der Waals surface area contributed by atoms with Crippen molar-refractivity contribution < 1.29 is 42.5 Å². The van der Waals surface area contributed by atoms with Gasteiger partial charge in [-0.05, 0) is 50.3 Å². The van der Waals surface area contributed by atoms with Crippen LogP contribution in [0.2, 0.25) is 0 Å². The fourth-order valence-electron chi connectivity index (χ4n) is 10.0. The molecule has 0 radical (unpaired) electrons. The molecule has 0 bridgehead atoms. The summed E-state index contributed by atoms with van der Waals surface area (Å²) in [7, 11) is 1.41. The zero-order valence-corrected chi connectivity index (χ0v) is 26.4. The SMILES string of the molecule is C/C=C(/C)C(=O)O[C@H]1C[C@@H](OC(C)=O)[C@@]2(C)CO[C@H]3[C@H]4O[C@@H]5C[C@@H](c6ccoc6)C(C)=C5[C@@]4(C)[C@H](CC(=O)OC)[C@]1(C)[C@@H]32. The van der Waals surface area contributed by atoms with Crippen molar-refractivity contribution in [2.45, 2.75) is 104 Å². The van der Waals surface area contributed by atoms with Crippen molar-refractivity contribution in [1.82, 2.24) is 0 Å². The molecule has 0 amide bonds. The van der Waals surface area contributed by atoms with Crippen LogP contribution in [0, 0.1) is 28.1 Å². The van der Waals surface area contributed by atoms with E-state index in [0.29, 0.717) is 18.6 Å². The number of carbonyl (C=O) groups excluding carboxylic acids is 3. The Morgan fingerprint density at radius 1 is 1.09 bits per heavy atom. The van der Waals surface area contributed by atoms with Gasteiger partial charge in [-0.3, -0.25) is 9.59 Å². The number of carbonyl (C=O) groups is 3. The molecule has 2 saturated heterocycles. The van der Waals surface area contributed by atoms with Crippen LogP contribution in [-0.4, -0.2) is 62.1 Å². The summed E-state index contributed by atoms with van der Waals surface area (Å²) in [5.74, 6) is -1.54. The quantitative estimate of drug-likeness (QED) is 0.187.